The third-order valence-corrected chi connectivity index (χ3v) is 3.07. The first-order valence-corrected chi connectivity index (χ1v) is 6.32. The quantitative estimate of drug-likeness (QED) is 0.881. The SMILES string of the molecule is Cc1ccc(NC(=O)c2ccc(Br)cc2O)c(F)c1. The van der Waals surface area contributed by atoms with E-state index in [1.165, 1.54) is 24.3 Å². The van der Waals surface area contributed by atoms with Gasteiger partial charge in [0.05, 0.1) is 11.3 Å². The smallest absolute Gasteiger partial charge is 0.259 e. The monoisotopic (exact) mass is 323 g/mol. The van der Waals surface area contributed by atoms with E-state index in [4.69, 9.17) is 0 Å². The van der Waals surface area contributed by atoms with E-state index < -0.39 is 11.7 Å². The minimum atomic E-state index is -0.562. The van der Waals surface area contributed by atoms with E-state index in [1.807, 2.05) is 0 Å². The van der Waals surface area contributed by atoms with Crippen molar-refractivity contribution in [2.75, 3.05) is 5.32 Å². The van der Waals surface area contributed by atoms with Crippen molar-refractivity contribution in [3.05, 3.63) is 57.8 Å². The molecule has 2 N–H and O–H groups in total. The molecular weight excluding hydrogens is 313 g/mol. The van der Waals surface area contributed by atoms with Crippen molar-refractivity contribution in [1.29, 1.82) is 0 Å². The van der Waals surface area contributed by atoms with E-state index >= 15 is 0 Å². The standard InChI is InChI=1S/C14H11BrFNO2/c1-8-2-5-12(11(16)6-8)17-14(19)10-4-3-9(15)7-13(10)18/h2-7,18H,1H3,(H,17,19). The first-order valence-electron chi connectivity index (χ1n) is 5.53. The van der Waals surface area contributed by atoms with Crippen molar-refractivity contribution in [3.63, 3.8) is 0 Å². The number of halogens is 2. The van der Waals surface area contributed by atoms with Crippen LogP contribution in [0.15, 0.2) is 40.9 Å². The minimum Gasteiger partial charge on any atom is -0.507 e. The Labute approximate surface area is 118 Å². The van der Waals surface area contributed by atoms with Gasteiger partial charge in [-0.25, -0.2) is 4.39 Å². The van der Waals surface area contributed by atoms with Gasteiger partial charge in [-0.3, -0.25) is 4.79 Å². The van der Waals surface area contributed by atoms with E-state index in [-0.39, 0.29) is 17.0 Å². The maximum atomic E-state index is 13.6. The lowest BCUT2D eigenvalue weighted by molar-refractivity contribution is 0.102. The number of nitrogens with one attached hydrogen (secondary N) is 1. The van der Waals surface area contributed by atoms with Crippen LogP contribution in [0.25, 0.3) is 0 Å². The number of phenolic OH excluding ortho intramolecular Hbond substituents is 1. The Morgan fingerprint density at radius 3 is 2.63 bits per heavy atom. The largest absolute Gasteiger partial charge is 0.507 e. The predicted octanol–water partition coefficient (Wildman–Crippen LogP) is 3.85. The zero-order valence-electron chi connectivity index (χ0n) is 10.1. The van der Waals surface area contributed by atoms with Gasteiger partial charge in [0.25, 0.3) is 5.91 Å². The second kappa shape index (κ2) is 5.40. The molecule has 0 aliphatic rings. The molecule has 19 heavy (non-hydrogen) atoms. The molecule has 2 aromatic carbocycles. The maximum absolute atomic E-state index is 13.6. The second-order valence-electron chi connectivity index (χ2n) is 4.10. The number of carbonyl (C=O) groups excluding carboxylic acids is 1. The van der Waals surface area contributed by atoms with Crippen LogP contribution in [0.3, 0.4) is 0 Å². The average Bonchev–Trinajstić information content (AvgIpc) is 2.32. The number of amides is 1. The molecule has 98 valence electrons. The van der Waals surface area contributed by atoms with Gasteiger partial charge in [-0.05, 0) is 42.8 Å². The molecule has 0 heterocycles. The highest BCUT2D eigenvalue weighted by Crippen LogP contribution is 2.24. The number of hydrogen-bond donors (Lipinski definition) is 2. The van der Waals surface area contributed by atoms with Crippen LogP contribution in [0.2, 0.25) is 0 Å². The summed E-state index contributed by atoms with van der Waals surface area (Å²) in [6, 6.07) is 9.00. The van der Waals surface area contributed by atoms with Crippen LogP contribution in [0.4, 0.5) is 10.1 Å². The molecule has 2 rings (SSSR count). The molecule has 1 amide bonds. The van der Waals surface area contributed by atoms with Gasteiger partial charge in [0, 0.05) is 4.47 Å². The van der Waals surface area contributed by atoms with Crippen LogP contribution in [-0.4, -0.2) is 11.0 Å². The number of carbonyl (C=O) groups is 1. The summed E-state index contributed by atoms with van der Waals surface area (Å²) >= 11 is 3.18. The number of aryl methyl sites for hydroxylation is 1. The van der Waals surface area contributed by atoms with Crippen LogP contribution in [0.1, 0.15) is 15.9 Å². The molecule has 0 saturated heterocycles. The summed E-state index contributed by atoms with van der Waals surface area (Å²) in [5.41, 5.74) is 0.933. The summed E-state index contributed by atoms with van der Waals surface area (Å²) in [7, 11) is 0. The normalized spacial score (nSPS) is 10.3. The average molecular weight is 324 g/mol. The van der Waals surface area contributed by atoms with Gasteiger partial charge in [0.2, 0.25) is 0 Å². The molecule has 0 radical (unpaired) electrons. The van der Waals surface area contributed by atoms with Gasteiger partial charge in [-0.1, -0.05) is 22.0 Å². The fourth-order valence-electron chi connectivity index (χ4n) is 1.61. The molecular formula is C14H11BrFNO2. The van der Waals surface area contributed by atoms with Gasteiger partial charge in [0.1, 0.15) is 11.6 Å². The first kappa shape index (κ1) is 13.5. The Morgan fingerprint density at radius 2 is 2.00 bits per heavy atom. The van der Waals surface area contributed by atoms with Crippen molar-refractivity contribution in [3.8, 4) is 5.75 Å². The summed E-state index contributed by atoms with van der Waals surface area (Å²) < 4.78 is 14.3. The molecule has 0 atom stereocenters. The van der Waals surface area contributed by atoms with Gasteiger partial charge < -0.3 is 10.4 Å². The van der Waals surface area contributed by atoms with E-state index in [0.717, 1.165) is 5.56 Å². The molecule has 0 aliphatic carbocycles. The van der Waals surface area contributed by atoms with E-state index in [9.17, 15) is 14.3 Å². The van der Waals surface area contributed by atoms with Crippen LogP contribution in [0, 0.1) is 12.7 Å². The molecule has 0 aliphatic heterocycles. The molecule has 0 aromatic heterocycles. The van der Waals surface area contributed by atoms with Gasteiger partial charge >= 0.3 is 0 Å². The lowest BCUT2D eigenvalue weighted by Crippen LogP contribution is -2.13. The molecule has 0 bridgehead atoms. The summed E-state index contributed by atoms with van der Waals surface area (Å²) in [5, 5.41) is 12.1. The van der Waals surface area contributed by atoms with Crippen LogP contribution >= 0.6 is 15.9 Å². The summed E-state index contributed by atoms with van der Waals surface area (Å²) in [6.07, 6.45) is 0. The van der Waals surface area contributed by atoms with Crippen molar-refractivity contribution < 1.29 is 14.3 Å². The third kappa shape index (κ3) is 3.12. The maximum Gasteiger partial charge on any atom is 0.259 e. The fraction of sp³-hybridized carbons (Fsp3) is 0.0714. The fourth-order valence-corrected chi connectivity index (χ4v) is 1.96. The number of hydrogen-bond acceptors (Lipinski definition) is 2. The lowest BCUT2D eigenvalue weighted by atomic mass is 10.1. The van der Waals surface area contributed by atoms with Gasteiger partial charge in [-0.2, -0.15) is 0 Å². The van der Waals surface area contributed by atoms with Gasteiger partial charge in [0.15, 0.2) is 0 Å². The highest BCUT2D eigenvalue weighted by Gasteiger charge is 2.13. The van der Waals surface area contributed by atoms with Crippen LogP contribution in [-0.2, 0) is 0 Å². The van der Waals surface area contributed by atoms with E-state index in [2.05, 4.69) is 21.2 Å². The number of anilines is 1. The molecule has 5 heteroatoms. The lowest BCUT2D eigenvalue weighted by Gasteiger charge is -2.08. The number of aromatic hydroxyl groups is 1. The molecule has 0 saturated carbocycles. The molecule has 0 fully saturated rings. The number of phenols is 1. The summed E-state index contributed by atoms with van der Waals surface area (Å²) in [6.45, 7) is 1.76. The van der Waals surface area contributed by atoms with Crippen molar-refractivity contribution in [2.45, 2.75) is 6.92 Å². The minimum absolute atomic E-state index is 0.0814. The number of benzene rings is 2. The van der Waals surface area contributed by atoms with Crippen LogP contribution < -0.4 is 5.32 Å². The zero-order chi connectivity index (χ0) is 14.0. The van der Waals surface area contributed by atoms with Gasteiger partial charge in [-0.15, -0.1) is 0 Å². The summed E-state index contributed by atoms with van der Waals surface area (Å²) in [4.78, 5) is 11.9. The Hall–Kier alpha value is -1.88. The topological polar surface area (TPSA) is 49.3 Å². The van der Waals surface area contributed by atoms with Crippen LogP contribution in [0.5, 0.6) is 5.75 Å². The third-order valence-electron chi connectivity index (χ3n) is 2.58. The highest BCUT2D eigenvalue weighted by molar-refractivity contribution is 9.10. The Morgan fingerprint density at radius 1 is 1.26 bits per heavy atom. The Bertz CT molecular complexity index is 643. The Kier molecular flexibility index (Phi) is 3.85. The zero-order valence-corrected chi connectivity index (χ0v) is 11.7. The first-order chi connectivity index (χ1) is 8.97. The van der Waals surface area contributed by atoms with Crippen molar-refractivity contribution in [1.82, 2.24) is 0 Å². The summed E-state index contributed by atoms with van der Waals surface area (Å²) in [5.74, 6) is -1.24. The molecule has 2 aromatic rings. The Balaban J connectivity index is 2.25. The van der Waals surface area contributed by atoms with E-state index in [1.54, 1.807) is 19.1 Å². The number of rotatable bonds is 2. The second-order valence-corrected chi connectivity index (χ2v) is 5.01. The van der Waals surface area contributed by atoms with Crippen molar-refractivity contribution in [2.24, 2.45) is 0 Å². The highest BCUT2D eigenvalue weighted by atomic mass is 79.9. The predicted molar refractivity (Wildman–Crippen MR) is 74.9 cm³/mol. The molecule has 3 nitrogen and oxygen atoms in total. The van der Waals surface area contributed by atoms with Crippen molar-refractivity contribution >= 4 is 27.5 Å². The molecule has 0 unspecified atom stereocenters. The van der Waals surface area contributed by atoms with E-state index in [0.29, 0.717) is 4.47 Å². The molecule has 0 spiro atoms.